The Balaban J connectivity index is 1.34. The minimum absolute atomic E-state index is 0.424. The van der Waals surface area contributed by atoms with Gasteiger partial charge in [-0.05, 0) is 67.3 Å². The average Bonchev–Trinajstić information content (AvgIpc) is 2.79. The molecule has 0 radical (unpaired) electrons. The molecule has 30 heavy (non-hydrogen) atoms. The SMILES string of the molecule is COc1ccc([C@H]2CCC[C@H]3[C@@H]4C[C@@H](CN(c5ccc(C(N)=O)cn5)C4)CN23)cc1. The number of primary amides is 1. The van der Waals surface area contributed by atoms with Gasteiger partial charge in [-0.25, -0.2) is 4.98 Å². The Morgan fingerprint density at radius 3 is 2.63 bits per heavy atom. The van der Waals surface area contributed by atoms with Crippen molar-refractivity contribution < 1.29 is 9.53 Å². The van der Waals surface area contributed by atoms with Crippen LogP contribution in [0.4, 0.5) is 5.82 Å². The number of methoxy groups -OCH3 is 1. The van der Waals surface area contributed by atoms with Gasteiger partial charge in [-0.1, -0.05) is 12.1 Å². The lowest BCUT2D eigenvalue weighted by Crippen LogP contribution is -2.59. The van der Waals surface area contributed by atoms with Gasteiger partial charge < -0.3 is 15.4 Å². The van der Waals surface area contributed by atoms with Gasteiger partial charge in [-0.2, -0.15) is 0 Å². The molecule has 2 bridgehead atoms. The van der Waals surface area contributed by atoms with Gasteiger partial charge in [0.1, 0.15) is 11.6 Å². The van der Waals surface area contributed by atoms with Crippen LogP contribution in [-0.2, 0) is 0 Å². The van der Waals surface area contributed by atoms with Crippen LogP contribution in [0.15, 0.2) is 42.6 Å². The summed E-state index contributed by atoms with van der Waals surface area (Å²) in [4.78, 5) is 21.1. The van der Waals surface area contributed by atoms with E-state index in [1.54, 1.807) is 19.4 Å². The number of hydrogen-bond acceptors (Lipinski definition) is 5. The molecule has 4 atom stereocenters. The molecule has 1 amide bonds. The third-order valence-corrected chi connectivity index (χ3v) is 7.24. The molecule has 6 nitrogen and oxygen atoms in total. The van der Waals surface area contributed by atoms with E-state index in [-0.39, 0.29) is 0 Å². The number of nitrogens with two attached hydrogens (primary N) is 1. The predicted octanol–water partition coefficient (Wildman–Crippen LogP) is 3.24. The van der Waals surface area contributed by atoms with Crippen LogP contribution in [0.3, 0.4) is 0 Å². The molecule has 0 aliphatic carbocycles. The van der Waals surface area contributed by atoms with E-state index in [4.69, 9.17) is 10.5 Å². The van der Waals surface area contributed by atoms with Gasteiger partial charge in [0.25, 0.3) is 0 Å². The molecule has 6 heteroatoms. The first kappa shape index (κ1) is 19.4. The molecule has 5 rings (SSSR count). The quantitative estimate of drug-likeness (QED) is 0.844. The maximum absolute atomic E-state index is 11.3. The summed E-state index contributed by atoms with van der Waals surface area (Å²) in [6.07, 6.45) is 6.72. The summed E-state index contributed by atoms with van der Waals surface area (Å²) >= 11 is 0. The number of piperidine rings is 3. The average molecular weight is 407 g/mol. The third-order valence-electron chi connectivity index (χ3n) is 7.24. The van der Waals surface area contributed by atoms with Crippen LogP contribution in [0.1, 0.15) is 47.6 Å². The van der Waals surface area contributed by atoms with Gasteiger partial charge >= 0.3 is 0 Å². The molecule has 0 spiro atoms. The largest absolute Gasteiger partial charge is 0.497 e. The number of nitrogens with zero attached hydrogens (tertiary/aromatic N) is 3. The van der Waals surface area contributed by atoms with Crippen molar-refractivity contribution in [2.45, 2.75) is 37.8 Å². The highest BCUT2D eigenvalue weighted by Gasteiger charge is 2.45. The van der Waals surface area contributed by atoms with Gasteiger partial charge in [0, 0.05) is 37.9 Å². The second-order valence-corrected chi connectivity index (χ2v) is 9.02. The number of ether oxygens (including phenoxy) is 1. The highest BCUT2D eigenvalue weighted by Crippen LogP contribution is 2.45. The van der Waals surface area contributed by atoms with Crippen molar-refractivity contribution in [1.82, 2.24) is 9.88 Å². The summed E-state index contributed by atoms with van der Waals surface area (Å²) < 4.78 is 5.35. The Morgan fingerprint density at radius 2 is 1.93 bits per heavy atom. The number of rotatable bonds is 4. The number of fused-ring (bicyclic) bond motifs is 4. The van der Waals surface area contributed by atoms with Crippen molar-refractivity contribution in [3.8, 4) is 5.75 Å². The molecule has 3 aliphatic rings. The zero-order chi connectivity index (χ0) is 20.7. The molecular weight excluding hydrogens is 376 g/mol. The smallest absolute Gasteiger partial charge is 0.250 e. The number of pyridine rings is 1. The fourth-order valence-corrected chi connectivity index (χ4v) is 5.90. The maximum Gasteiger partial charge on any atom is 0.250 e. The number of aromatic nitrogens is 1. The number of carbonyl (C=O) groups is 1. The van der Waals surface area contributed by atoms with Gasteiger partial charge in [-0.15, -0.1) is 0 Å². The van der Waals surface area contributed by atoms with Crippen LogP contribution < -0.4 is 15.4 Å². The number of carbonyl (C=O) groups excluding carboxylic acids is 1. The van der Waals surface area contributed by atoms with Crippen molar-refractivity contribution in [3.63, 3.8) is 0 Å². The summed E-state index contributed by atoms with van der Waals surface area (Å²) in [6.45, 7) is 3.21. The summed E-state index contributed by atoms with van der Waals surface area (Å²) in [5, 5.41) is 0. The van der Waals surface area contributed by atoms with Crippen LogP contribution >= 0.6 is 0 Å². The van der Waals surface area contributed by atoms with E-state index >= 15 is 0 Å². The molecule has 2 aromatic rings. The standard InChI is InChI=1S/C24H30N4O2/c1-30-20-8-5-17(6-9-20)21-3-2-4-22-19-11-16(14-28(21)22)13-27(15-19)23-10-7-18(12-26-23)24(25)29/h5-10,12,16,19,21-22H,2-4,11,13-15H2,1H3,(H2,25,29)/t16-,19+,21+,22-/m0/s1. The summed E-state index contributed by atoms with van der Waals surface area (Å²) in [7, 11) is 1.72. The van der Waals surface area contributed by atoms with Gasteiger partial charge in [0.15, 0.2) is 0 Å². The van der Waals surface area contributed by atoms with E-state index in [0.29, 0.717) is 29.5 Å². The molecule has 0 saturated carbocycles. The zero-order valence-corrected chi connectivity index (χ0v) is 17.5. The highest BCUT2D eigenvalue weighted by atomic mass is 16.5. The summed E-state index contributed by atoms with van der Waals surface area (Å²) in [6, 6.07) is 13.6. The second kappa shape index (κ2) is 7.91. The van der Waals surface area contributed by atoms with E-state index in [0.717, 1.165) is 31.2 Å². The second-order valence-electron chi connectivity index (χ2n) is 9.02. The van der Waals surface area contributed by atoms with Crippen LogP contribution in [0.5, 0.6) is 5.75 Å². The Bertz CT molecular complexity index is 898. The van der Waals surface area contributed by atoms with Gasteiger partial charge in [-0.3, -0.25) is 9.69 Å². The Kier molecular flexibility index (Phi) is 5.11. The van der Waals surface area contributed by atoms with E-state index in [1.807, 2.05) is 6.07 Å². The molecule has 4 heterocycles. The van der Waals surface area contributed by atoms with E-state index in [2.05, 4.69) is 39.0 Å². The first-order chi connectivity index (χ1) is 14.6. The monoisotopic (exact) mass is 406 g/mol. The first-order valence-electron chi connectivity index (χ1n) is 11.0. The normalized spacial score (nSPS) is 28.6. The van der Waals surface area contributed by atoms with Gasteiger partial charge in [0.2, 0.25) is 5.91 Å². The van der Waals surface area contributed by atoms with E-state index in [1.165, 1.54) is 31.2 Å². The minimum atomic E-state index is -0.424. The van der Waals surface area contributed by atoms with Crippen molar-refractivity contribution in [1.29, 1.82) is 0 Å². The molecule has 158 valence electrons. The number of hydrogen-bond donors (Lipinski definition) is 1. The van der Waals surface area contributed by atoms with E-state index in [9.17, 15) is 4.79 Å². The predicted molar refractivity (Wildman–Crippen MR) is 117 cm³/mol. The van der Waals surface area contributed by atoms with Crippen molar-refractivity contribution >= 4 is 11.7 Å². The number of amides is 1. The lowest BCUT2D eigenvalue weighted by Gasteiger charge is -2.55. The Labute approximate surface area is 178 Å². The topological polar surface area (TPSA) is 71.7 Å². The van der Waals surface area contributed by atoms with Crippen LogP contribution in [-0.4, -0.2) is 48.6 Å². The molecule has 1 aromatic carbocycles. The van der Waals surface area contributed by atoms with Crippen molar-refractivity contribution in [2.24, 2.45) is 17.6 Å². The summed E-state index contributed by atoms with van der Waals surface area (Å²) in [5.74, 6) is 2.78. The minimum Gasteiger partial charge on any atom is -0.497 e. The Morgan fingerprint density at radius 1 is 1.10 bits per heavy atom. The maximum atomic E-state index is 11.3. The summed E-state index contributed by atoms with van der Waals surface area (Å²) in [5.41, 5.74) is 7.25. The van der Waals surface area contributed by atoms with Gasteiger partial charge in [0.05, 0.1) is 12.7 Å². The first-order valence-corrected chi connectivity index (χ1v) is 11.0. The molecule has 0 unspecified atom stereocenters. The molecule has 3 aliphatic heterocycles. The number of benzene rings is 1. The number of anilines is 1. The van der Waals surface area contributed by atoms with Crippen molar-refractivity contribution in [2.75, 3.05) is 31.6 Å². The highest BCUT2D eigenvalue weighted by molar-refractivity contribution is 5.92. The molecule has 3 saturated heterocycles. The zero-order valence-electron chi connectivity index (χ0n) is 17.5. The lowest BCUT2D eigenvalue weighted by molar-refractivity contribution is -0.0201. The fourth-order valence-electron chi connectivity index (χ4n) is 5.90. The molecule has 1 aromatic heterocycles. The van der Waals surface area contributed by atoms with Crippen LogP contribution in [0.2, 0.25) is 0 Å². The third kappa shape index (κ3) is 3.54. The Hall–Kier alpha value is -2.60. The fraction of sp³-hybridized carbons (Fsp3) is 0.500. The molecule has 2 N–H and O–H groups in total. The lowest BCUT2D eigenvalue weighted by atomic mass is 9.74. The van der Waals surface area contributed by atoms with Crippen LogP contribution in [0.25, 0.3) is 0 Å². The van der Waals surface area contributed by atoms with E-state index < -0.39 is 5.91 Å². The molecule has 3 fully saturated rings. The molecular formula is C24H30N4O2. The van der Waals surface area contributed by atoms with Crippen molar-refractivity contribution in [3.05, 3.63) is 53.7 Å². The van der Waals surface area contributed by atoms with Crippen LogP contribution in [0, 0.1) is 11.8 Å².